The monoisotopic (exact) mass is 532 g/mol. The van der Waals surface area contributed by atoms with E-state index in [-0.39, 0.29) is 36.1 Å². The molecule has 0 amide bonds. The predicted molar refractivity (Wildman–Crippen MR) is 144 cm³/mol. The van der Waals surface area contributed by atoms with Crippen LogP contribution >= 0.6 is 0 Å². The third-order valence-corrected chi connectivity index (χ3v) is 7.14. The smallest absolute Gasteiger partial charge is 0.314 e. The Bertz CT molecular complexity index is 959. The number of cyclic esters (lactones) is 1. The van der Waals surface area contributed by atoms with Crippen molar-refractivity contribution in [2.75, 3.05) is 0 Å². The molecular weight excluding hydrogens is 488 g/mol. The minimum Gasteiger partial charge on any atom is -0.457 e. The summed E-state index contributed by atoms with van der Waals surface area (Å²) in [6, 6.07) is 0. The third kappa shape index (κ3) is 9.64. The van der Waals surface area contributed by atoms with Gasteiger partial charge in [0.1, 0.15) is 18.1 Å². The van der Waals surface area contributed by atoms with E-state index < -0.39 is 42.0 Å². The maximum absolute atomic E-state index is 12.5. The standard InChI is InChI=1S/C30H44O8/c1-8-24(33)21(5)29-25(37-29)16-18(2)10-9-11-19(3)28-20(4)12-13-26(36-22(6)31)30(7,35)15-14-23(32)17-27(34)38-28/h9-15,18,20-21,24-26,28-29,33,35H,8,16-17H2,1-7H3/b10-9+,13-12+,15-14+,19-11+. The molecule has 0 aliphatic carbocycles. The number of epoxide rings is 1. The molecular formula is C30H44O8. The highest BCUT2D eigenvalue weighted by Crippen LogP contribution is 2.36. The van der Waals surface area contributed by atoms with Crippen LogP contribution in [0.5, 0.6) is 0 Å². The van der Waals surface area contributed by atoms with Gasteiger partial charge in [-0.1, -0.05) is 52.0 Å². The van der Waals surface area contributed by atoms with E-state index in [2.05, 4.69) is 13.0 Å². The lowest BCUT2D eigenvalue weighted by molar-refractivity contribution is -0.152. The van der Waals surface area contributed by atoms with Gasteiger partial charge in [0.15, 0.2) is 11.9 Å². The van der Waals surface area contributed by atoms with Gasteiger partial charge in [-0.05, 0) is 56.4 Å². The van der Waals surface area contributed by atoms with Crippen LogP contribution in [-0.4, -0.2) is 64.1 Å². The highest BCUT2D eigenvalue weighted by molar-refractivity contribution is 6.02. The van der Waals surface area contributed by atoms with Crippen LogP contribution in [0.15, 0.2) is 48.1 Å². The fourth-order valence-electron chi connectivity index (χ4n) is 4.60. The van der Waals surface area contributed by atoms with Crippen LogP contribution in [0.25, 0.3) is 0 Å². The Hall–Kier alpha value is -2.55. The predicted octanol–water partition coefficient (Wildman–Crippen LogP) is 4.01. The van der Waals surface area contributed by atoms with Crippen LogP contribution < -0.4 is 0 Å². The normalized spacial score (nSPS) is 34.9. The number of ether oxygens (including phenoxy) is 3. The second-order valence-electron chi connectivity index (χ2n) is 10.9. The summed E-state index contributed by atoms with van der Waals surface area (Å²) in [5.74, 6) is -1.74. The first-order valence-corrected chi connectivity index (χ1v) is 13.4. The van der Waals surface area contributed by atoms with Crippen molar-refractivity contribution in [3.05, 3.63) is 48.1 Å². The summed E-state index contributed by atoms with van der Waals surface area (Å²) in [5, 5.41) is 20.9. The number of aliphatic hydroxyl groups is 2. The molecule has 0 aromatic heterocycles. The zero-order valence-electron chi connectivity index (χ0n) is 23.6. The average molecular weight is 533 g/mol. The van der Waals surface area contributed by atoms with Crippen molar-refractivity contribution in [3.8, 4) is 0 Å². The first kappa shape index (κ1) is 31.7. The van der Waals surface area contributed by atoms with Gasteiger partial charge in [-0.3, -0.25) is 14.4 Å². The van der Waals surface area contributed by atoms with Crippen molar-refractivity contribution in [3.63, 3.8) is 0 Å². The van der Waals surface area contributed by atoms with Crippen LogP contribution in [0.2, 0.25) is 0 Å². The van der Waals surface area contributed by atoms with Crippen LogP contribution in [0.1, 0.15) is 67.7 Å². The zero-order valence-corrected chi connectivity index (χ0v) is 23.6. The Labute approximate surface area is 226 Å². The number of rotatable bonds is 9. The molecule has 0 bridgehead atoms. The fourth-order valence-corrected chi connectivity index (χ4v) is 4.60. The Kier molecular flexibility index (Phi) is 11.7. The molecule has 0 aromatic rings. The lowest BCUT2D eigenvalue weighted by atomic mass is 9.92. The lowest BCUT2D eigenvalue weighted by Gasteiger charge is -2.29. The van der Waals surface area contributed by atoms with E-state index in [4.69, 9.17) is 14.2 Å². The lowest BCUT2D eigenvalue weighted by Crippen LogP contribution is -2.39. The van der Waals surface area contributed by atoms with E-state index in [0.29, 0.717) is 6.42 Å². The van der Waals surface area contributed by atoms with Gasteiger partial charge in [-0.2, -0.15) is 0 Å². The Balaban J connectivity index is 2.14. The maximum Gasteiger partial charge on any atom is 0.314 e. The molecule has 2 rings (SSSR count). The highest BCUT2D eigenvalue weighted by Gasteiger charge is 2.44. The van der Waals surface area contributed by atoms with Crippen molar-refractivity contribution < 1.29 is 38.8 Å². The number of hydrogen-bond acceptors (Lipinski definition) is 8. The van der Waals surface area contributed by atoms with Crippen LogP contribution in [-0.2, 0) is 28.6 Å². The van der Waals surface area contributed by atoms with E-state index >= 15 is 0 Å². The second-order valence-corrected chi connectivity index (χ2v) is 10.9. The Morgan fingerprint density at radius 2 is 1.95 bits per heavy atom. The summed E-state index contributed by atoms with van der Waals surface area (Å²) < 4.78 is 16.8. The van der Waals surface area contributed by atoms with Gasteiger partial charge in [-0.25, -0.2) is 0 Å². The molecule has 0 radical (unpaired) electrons. The second kappa shape index (κ2) is 14.0. The summed E-state index contributed by atoms with van der Waals surface area (Å²) in [7, 11) is 0. The summed E-state index contributed by atoms with van der Waals surface area (Å²) in [6.45, 7) is 12.4. The first-order chi connectivity index (χ1) is 17.7. The molecule has 9 atom stereocenters. The molecule has 8 heteroatoms. The van der Waals surface area contributed by atoms with Crippen molar-refractivity contribution in [2.45, 2.75) is 104 Å². The molecule has 1 saturated heterocycles. The van der Waals surface area contributed by atoms with Crippen molar-refractivity contribution >= 4 is 17.7 Å². The van der Waals surface area contributed by atoms with Gasteiger partial charge in [0.05, 0.1) is 18.3 Å². The molecule has 2 aliphatic rings. The molecule has 212 valence electrons. The fraction of sp³-hybridized carbons (Fsp3) is 0.633. The van der Waals surface area contributed by atoms with Gasteiger partial charge in [-0.15, -0.1) is 0 Å². The van der Waals surface area contributed by atoms with Crippen molar-refractivity contribution in [1.29, 1.82) is 0 Å². The molecule has 2 N–H and O–H groups in total. The highest BCUT2D eigenvalue weighted by atomic mass is 16.6. The van der Waals surface area contributed by atoms with Gasteiger partial charge >= 0.3 is 11.9 Å². The molecule has 0 spiro atoms. The summed E-state index contributed by atoms with van der Waals surface area (Å²) in [4.78, 5) is 36.4. The minimum absolute atomic E-state index is 0.0930. The zero-order chi connectivity index (χ0) is 28.6. The van der Waals surface area contributed by atoms with Crippen LogP contribution in [0.3, 0.4) is 0 Å². The third-order valence-electron chi connectivity index (χ3n) is 7.14. The summed E-state index contributed by atoms with van der Waals surface area (Å²) in [6.07, 6.45) is 10.8. The Morgan fingerprint density at radius 1 is 1.26 bits per heavy atom. The number of allylic oxidation sites excluding steroid dienone is 4. The summed E-state index contributed by atoms with van der Waals surface area (Å²) >= 11 is 0. The minimum atomic E-state index is -1.64. The van der Waals surface area contributed by atoms with E-state index in [0.717, 1.165) is 18.1 Å². The van der Waals surface area contributed by atoms with E-state index in [1.54, 1.807) is 12.2 Å². The number of aliphatic hydroxyl groups excluding tert-OH is 1. The molecule has 2 heterocycles. The number of carbonyl (C=O) groups is 3. The van der Waals surface area contributed by atoms with Crippen molar-refractivity contribution in [2.24, 2.45) is 17.8 Å². The SMILES string of the molecule is CCC(O)C(C)C1OC1CC(C)/C=C/C=C(\C)C1OC(=O)CC(=O)/C=C/C(C)(O)C(OC(C)=O)/C=C/C1C. The topological polar surface area (TPSA) is 123 Å². The van der Waals surface area contributed by atoms with Gasteiger partial charge in [0.2, 0.25) is 0 Å². The maximum atomic E-state index is 12.5. The number of ketones is 1. The number of carbonyl (C=O) groups excluding carboxylic acids is 3. The van der Waals surface area contributed by atoms with E-state index in [9.17, 15) is 24.6 Å². The summed E-state index contributed by atoms with van der Waals surface area (Å²) in [5.41, 5.74) is -0.869. The van der Waals surface area contributed by atoms with Gasteiger partial charge in [0, 0.05) is 18.8 Å². The first-order valence-electron chi connectivity index (χ1n) is 13.4. The largest absolute Gasteiger partial charge is 0.457 e. The molecule has 8 nitrogen and oxygen atoms in total. The quantitative estimate of drug-likeness (QED) is 0.150. The van der Waals surface area contributed by atoms with Gasteiger partial charge in [0.25, 0.3) is 0 Å². The van der Waals surface area contributed by atoms with E-state index in [1.807, 2.05) is 39.8 Å². The molecule has 1 fully saturated rings. The van der Waals surface area contributed by atoms with Crippen LogP contribution in [0.4, 0.5) is 0 Å². The molecule has 0 saturated carbocycles. The molecule has 2 aliphatic heterocycles. The molecule has 0 aromatic carbocycles. The van der Waals surface area contributed by atoms with Crippen LogP contribution in [0, 0.1) is 17.8 Å². The molecule has 9 unspecified atom stereocenters. The number of esters is 2. The van der Waals surface area contributed by atoms with Gasteiger partial charge < -0.3 is 24.4 Å². The average Bonchev–Trinajstić information content (AvgIpc) is 3.60. The van der Waals surface area contributed by atoms with E-state index in [1.165, 1.54) is 19.9 Å². The molecule has 38 heavy (non-hydrogen) atoms. The van der Waals surface area contributed by atoms with Crippen molar-refractivity contribution in [1.82, 2.24) is 0 Å². The number of hydrogen-bond donors (Lipinski definition) is 2. The Morgan fingerprint density at radius 3 is 2.58 bits per heavy atom.